The van der Waals surface area contributed by atoms with Crippen LogP contribution in [0.2, 0.25) is 0 Å². The summed E-state index contributed by atoms with van der Waals surface area (Å²) in [6, 6.07) is 34.9. The van der Waals surface area contributed by atoms with E-state index in [2.05, 4.69) is 127 Å². The Morgan fingerprint density at radius 3 is 1.43 bits per heavy atom. The molecule has 0 radical (unpaired) electrons. The second-order valence-electron chi connectivity index (χ2n) is 18.3. The van der Waals surface area contributed by atoms with Crippen molar-refractivity contribution in [1.29, 1.82) is 0 Å². The molecule has 3 aromatic carbocycles. The fourth-order valence-electron chi connectivity index (χ4n) is 9.28. The van der Waals surface area contributed by atoms with Crippen molar-refractivity contribution in [3.8, 4) is 50.6 Å². The van der Waals surface area contributed by atoms with Gasteiger partial charge in [0.1, 0.15) is 17.2 Å². The van der Waals surface area contributed by atoms with Gasteiger partial charge in [0, 0.05) is 33.2 Å². The number of nitrogens with zero attached hydrogens (tertiary/aromatic N) is 2. The minimum absolute atomic E-state index is 0.224. The van der Waals surface area contributed by atoms with Crippen molar-refractivity contribution < 1.29 is 14.6 Å². The Bertz CT molecular complexity index is 2720. The summed E-state index contributed by atoms with van der Waals surface area (Å²) in [6.07, 6.45) is 31.6. The largest absolute Gasteiger partial charge is 0.508 e. The molecule has 8 rings (SSSR count). The van der Waals surface area contributed by atoms with E-state index in [-0.39, 0.29) is 5.75 Å². The molecule has 348 valence electrons. The summed E-state index contributed by atoms with van der Waals surface area (Å²) < 4.78 is 12.5. The summed E-state index contributed by atoms with van der Waals surface area (Å²) in [6.45, 7) is 5.99. The Balaban J connectivity index is 1.08. The third kappa shape index (κ3) is 13.2. The Labute approximate surface area is 398 Å². The molecule has 8 bridgehead atoms. The van der Waals surface area contributed by atoms with Crippen molar-refractivity contribution in [3.63, 3.8) is 0 Å². The first-order valence-electron chi connectivity index (χ1n) is 25.4. The van der Waals surface area contributed by atoms with Gasteiger partial charge in [-0.05, 0) is 121 Å². The average molecular weight is 895 g/mol. The lowest BCUT2D eigenvalue weighted by Crippen LogP contribution is -1.97. The zero-order valence-corrected chi connectivity index (χ0v) is 39.9. The van der Waals surface area contributed by atoms with Gasteiger partial charge in [0.05, 0.1) is 41.5 Å². The summed E-state index contributed by atoms with van der Waals surface area (Å²) in [5.74, 6) is 1.98. The van der Waals surface area contributed by atoms with E-state index >= 15 is 0 Å². The molecule has 2 aliphatic rings. The van der Waals surface area contributed by atoms with Crippen LogP contribution in [-0.2, 0) is 0 Å². The SMILES string of the molecule is CCCCCCCCCCCOc1ccc(-c2c3nc(cc4cc(-c5ccc(O)cc5)c([nH]4)c(-c4ccc(OCCCCCCCCCCC)cc4)c4nc(cc5ccc2[nH]5)C=C4)C=C3)cc1. The molecule has 0 atom stereocenters. The van der Waals surface area contributed by atoms with Gasteiger partial charge in [0.2, 0.25) is 0 Å². The second kappa shape index (κ2) is 24.4. The van der Waals surface area contributed by atoms with Gasteiger partial charge in [-0.25, -0.2) is 9.97 Å². The number of aromatic amines is 2. The van der Waals surface area contributed by atoms with Crippen LogP contribution in [0.15, 0.2) is 103 Å². The zero-order valence-electron chi connectivity index (χ0n) is 39.9. The van der Waals surface area contributed by atoms with Gasteiger partial charge in [-0.1, -0.05) is 153 Å². The van der Waals surface area contributed by atoms with Crippen LogP contribution >= 0.6 is 0 Å². The number of nitrogens with one attached hydrogen (secondary N) is 2. The Morgan fingerprint density at radius 2 is 0.896 bits per heavy atom. The number of benzene rings is 3. The third-order valence-corrected chi connectivity index (χ3v) is 13.0. The average Bonchev–Trinajstić information content (AvgIpc) is 4.19. The highest BCUT2D eigenvalue weighted by Gasteiger charge is 2.17. The van der Waals surface area contributed by atoms with Crippen molar-refractivity contribution in [2.45, 2.75) is 129 Å². The van der Waals surface area contributed by atoms with Crippen LogP contribution in [0.25, 0.3) is 79.8 Å². The van der Waals surface area contributed by atoms with E-state index in [4.69, 9.17) is 19.4 Å². The molecule has 0 saturated carbocycles. The van der Waals surface area contributed by atoms with Crippen LogP contribution in [0, 0.1) is 0 Å². The number of hydrogen-bond donors (Lipinski definition) is 3. The Morgan fingerprint density at radius 1 is 0.433 bits per heavy atom. The normalized spacial score (nSPS) is 12.0. The number of unbranched alkanes of at least 4 members (excludes halogenated alkanes) is 16. The Kier molecular flexibility index (Phi) is 17.2. The second-order valence-corrected chi connectivity index (χ2v) is 18.3. The van der Waals surface area contributed by atoms with E-state index in [1.165, 1.54) is 103 Å². The first kappa shape index (κ1) is 47.2. The lowest BCUT2D eigenvalue weighted by molar-refractivity contribution is 0.304. The number of aromatic hydroxyl groups is 1. The van der Waals surface area contributed by atoms with E-state index < -0.39 is 0 Å². The molecule has 5 heterocycles. The lowest BCUT2D eigenvalue weighted by atomic mass is 9.98. The zero-order chi connectivity index (χ0) is 46.0. The van der Waals surface area contributed by atoms with Crippen LogP contribution in [0.1, 0.15) is 152 Å². The molecule has 67 heavy (non-hydrogen) atoms. The van der Waals surface area contributed by atoms with Crippen LogP contribution in [-0.4, -0.2) is 38.3 Å². The predicted molar refractivity (Wildman–Crippen MR) is 282 cm³/mol. The highest BCUT2D eigenvalue weighted by atomic mass is 16.5. The van der Waals surface area contributed by atoms with E-state index in [1.54, 1.807) is 12.1 Å². The molecule has 7 heteroatoms. The van der Waals surface area contributed by atoms with Gasteiger partial charge in [-0.15, -0.1) is 0 Å². The molecule has 0 amide bonds. The molecular formula is C60H70N4O3. The molecule has 0 saturated heterocycles. The summed E-state index contributed by atoms with van der Waals surface area (Å²) in [5.41, 5.74) is 13.2. The van der Waals surface area contributed by atoms with Crippen LogP contribution in [0.3, 0.4) is 0 Å². The summed E-state index contributed by atoms with van der Waals surface area (Å²) in [4.78, 5) is 18.0. The van der Waals surface area contributed by atoms with Gasteiger partial charge in [-0.2, -0.15) is 0 Å². The van der Waals surface area contributed by atoms with E-state index in [1.807, 2.05) is 12.1 Å². The number of fused-ring (bicyclic) bond motifs is 8. The fourth-order valence-corrected chi connectivity index (χ4v) is 9.28. The number of rotatable bonds is 25. The molecule has 0 fully saturated rings. The van der Waals surface area contributed by atoms with Crippen LogP contribution in [0.5, 0.6) is 17.2 Å². The quantitative estimate of drug-likeness (QED) is 0.0497. The van der Waals surface area contributed by atoms with Crippen molar-refractivity contribution in [1.82, 2.24) is 19.9 Å². The third-order valence-electron chi connectivity index (χ3n) is 13.0. The summed E-state index contributed by atoms with van der Waals surface area (Å²) >= 11 is 0. The maximum Gasteiger partial charge on any atom is 0.119 e. The van der Waals surface area contributed by atoms with Gasteiger partial charge in [-0.3, -0.25) is 0 Å². The first-order chi connectivity index (χ1) is 33.0. The molecule has 3 aromatic heterocycles. The van der Waals surface area contributed by atoms with Crippen molar-refractivity contribution in [3.05, 3.63) is 126 Å². The minimum atomic E-state index is 0.224. The molecule has 0 unspecified atom stereocenters. The molecule has 0 spiro atoms. The monoisotopic (exact) mass is 895 g/mol. The predicted octanol–water partition coefficient (Wildman–Crippen LogP) is 17.2. The highest BCUT2D eigenvalue weighted by molar-refractivity contribution is 6.00. The smallest absolute Gasteiger partial charge is 0.119 e. The minimum Gasteiger partial charge on any atom is -0.508 e. The fraction of sp³-hybridized carbons (Fsp3) is 0.367. The number of ether oxygens (including phenoxy) is 2. The van der Waals surface area contributed by atoms with Gasteiger partial charge in [0.15, 0.2) is 0 Å². The standard InChI is InChI=1S/C60H70N4O3/c1-3-5-7-9-11-13-15-17-19-39-66-52-32-23-45(24-33-52)58-55-36-27-47(61-55)41-48-29-38-57(63-48)59(46-25-34-53(35-26-46)67-40-20-18-16-14-12-10-8-6-4-2)60-54(44-21-30-51(65)31-22-44)43-50(64-60)42-49-28-37-56(58)62-49/h21-38,41-43,61,64-65H,3-20,39-40H2,1-2H3. The van der Waals surface area contributed by atoms with Gasteiger partial charge < -0.3 is 24.5 Å². The molecule has 0 aliphatic carbocycles. The van der Waals surface area contributed by atoms with Crippen molar-refractivity contribution in [2.75, 3.05) is 13.2 Å². The summed E-state index contributed by atoms with van der Waals surface area (Å²) in [7, 11) is 0. The van der Waals surface area contributed by atoms with Gasteiger partial charge in [0.25, 0.3) is 0 Å². The molecule has 6 aromatic rings. The highest BCUT2D eigenvalue weighted by Crippen LogP contribution is 2.38. The van der Waals surface area contributed by atoms with Crippen molar-refractivity contribution >= 4 is 46.4 Å². The maximum atomic E-state index is 10.3. The number of phenols is 1. The van der Waals surface area contributed by atoms with Crippen LogP contribution < -0.4 is 9.47 Å². The number of phenolic OH excluding ortho intramolecular Hbond substituents is 1. The topological polar surface area (TPSA) is 96.1 Å². The Hall–Kier alpha value is -6.34. The molecular weight excluding hydrogens is 825 g/mol. The van der Waals surface area contributed by atoms with Crippen molar-refractivity contribution in [2.24, 2.45) is 0 Å². The van der Waals surface area contributed by atoms with Gasteiger partial charge >= 0.3 is 0 Å². The number of aromatic nitrogens is 4. The van der Waals surface area contributed by atoms with E-state index in [0.29, 0.717) is 6.61 Å². The van der Waals surface area contributed by atoms with E-state index in [0.717, 1.165) is 109 Å². The molecule has 7 nitrogen and oxygen atoms in total. The lowest BCUT2D eigenvalue weighted by Gasteiger charge is -2.10. The van der Waals surface area contributed by atoms with E-state index in [9.17, 15) is 5.11 Å². The summed E-state index contributed by atoms with van der Waals surface area (Å²) in [5, 5.41) is 10.3. The maximum absolute atomic E-state index is 10.3. The first-order valence-corrected chi connectivity index (χ1v) is 25.4. The molecule has 2 aliphatic heterocycles. The molecule has 3 N–H and O–H groups in total. The van der Waals surface area contributed by atoms with Crippen LogP contribution in [0.4, 0.5) is 0 Å². The number of hydrogen-bond acceptors (Lipinski definition) is 5. The number of H-pyrrole nitrogens is 2.